The van der Waals surface area contributed by atoms with E-state index in [-0.39, 0.29) is 12.5 Å². The molecule has 2 rings (SSSR count). The molecular formula is C18H17NO2. The zero-order chi connectivity index (χ0) is 15.2. The van der Waals surface area contributed by atoms with Gasteiger partial charge in [-0.3, -0.25) is 4.79 Å². The van der Waals surface area contributed by atoms with Gasteiger partial charge in [-0.05, 0) is 43.7 Å². The second-order valence-corrected chi connectivity index (χ2v) is 4.81. The van der Waals surface area contributed by atoms with Crippen LogP contribution in [-0.2, 0) is 0 Å². The van der Waals surface area contributed by atoms with E-state index in [9.17, 15) is 4.79 Å². The van der Waals surface area contributed by atoms with Crippen molar-refractivity contribution in [1.82, 2.24) is 0 Å². The number of aliphatic hydroxyl groups is 1. The average molecular weight is 279 g/mol. The van der Waals surface area contributed by atoms with E-state index >= 15 is 0 Å². The number of hydrogen-bond donors (Lipinski definition) is 2. The van der Waals surface area contributed by atoms with Crippen LogP contribution in [0.25, 0.3) is 0 Å². The Labute approximate surface area is 124 Å². The fourth-order valence-electron chi connectivity index (χ4n) is 2.08. The molecule has 0 aliphatic carbocycles. The highest BCUT2D eigenvalue weighted by Gasteiger charge is 2.09. The minimum atomic E-state index is -0.181. The molecule has 0 radical (unpaired) electrons. The van der Waals surface area contributed by atoms with Crippen LogP contribution in [0.15, 0.2) is 42.5 Å². The van der Waals surface area contributed by atoms with E-state index in [4.69, 9.17) is 5.11 Å². The minimum Gasteiger partial charge on any atom is -0.384 e. The molecule has 106 valence electrons. The number of carbonyl (C=O) groups is 1. The van der Waals surface area contributed by atoms with Gasteiger partial charge in [0, 0.05) is 16.8 Å². The zero-order valence-electron chi connectivity index (χ0n) is 12.1. The number of hydrogen-bond acceptors (Lipinski definition) is 2. The van der Waals surface area contributed by atoms with Crippen molar-refractivity contribution in [2.75, 3.05) is 11.9 Å². The Morgan fingerprint density at radius 1 is 1.19 bits per heavy atom. The molecule has 3 heteroatoms. The number of aliphatic hydroxyl groups excluding tert-OH is 1. The van der Waals surface area contributed by atoms with Gasteiger partial charge >= 0.3 is 0 Å². The van der Waals surface area contributed by atoms with Crippen LogP contribution in [0.3, 0.4) is 0 Å². The lowest BCUT2D eigenvalue weighted by Gasteiger charge is -2.08. The molecular weight excluding hydrogens is 262 g/mol. The maximum Gasteiger partial charge on any atom is 0.255 e. The number of rotatable bonds is 2. The van der Waals surface area contributed by atoms with E-state index in [1.165, 1.54) is 0 Å². The Morgan fingerprint density at radius 2 is 2.00 bits per heavy atom. The molecule has 21 heavy (non-hydrogen) atoms. The van der Waals surface area contributed by atoms with Crippen LogP contribution in [0, 0.1) is 25.7 Å². The van der Waals surface area contributed by atoms with Crippen molar-refractivity contribution in [3.8, 4) is 11.8 Å². The standard InChI is InChI=1S/C18H17NO2/c1-13-8-9-17(14(2)11-13)18(21)19-16-7-3-5-15(12-16)6-4-10-20/h3,5,7-9,11-12,20H,10H2,1-2H3,(H,19,21). The molecule has 0 heterocycles. The average Bonchev–Trinajstić information content (AvgIpc) is 2.45. The van der Waals surface area contributed by atoms with E-state index in [1.54, 1.807) is 6.07 Å². The van der Waals surface area contributed by atoms with E-state index in [0.29, 0.717) is 11.3 Å². The van der Waals surface area contributed by atoms with Gasteiger partial charge in [-0.15, -0.1) is 0 Å². The van der Waals surface area contributed by atoms with Crippen LogP contribution >= 0.6 is 0 Å². The Bertz CT molecular complexity index is 723. The maximum atomic E-state index is 12.3. The lowest BCUT2D eigenvalue weighted by atomic mass is 10.1. The van der Waals surface area contributed by atoms with Crippen LogP contribution in [0.4, 0.5) is 5.69 Å². The van der Waals surface area contributed by atoms with Gasteiger partial charge in [0.25, 0.3) is 5.91 Å². The molecule has 2 aromatic rings. The smallest absolute Gasteiger partial charge is 0.255 e. The third-order valence-corrected chi connectivity index (χ3v) is 3.06. The van der Waals surface area contributed by atoms with Crippen LogP contribution in [0.1, 0.15) is 27.0 Å². The molecule has 0 aliphatic rings. The number of anilines is 1. The summed E-state index contributed by atoms with van der Waals surface area (Å²) in [6.07, 6.45) is 0. The lowest BCUT2D eigenvalue weighted by molar-refractivity contribution is 0.102. The van der Waals surface area contributed by atoms with Gasteiger partial charge in [0.1, 0.15) is 6.61 Å². The third-order valence-electron chi connectivity index (χ3n) is 3.06. The molecule has 0 saturated heterocycles. The van der Waals surface area contributed by atoms with Crippen molar-refractivity contribution >= 4 is 11.6 Å². The number of amides is 1. The summed E-state index contributed by atoms with van der Waals surface area (Å²) in [6, 6.07) is 13.0. The molecule has 0 aliphatic heterocycles. The molecule has 1 amide bonds. The summed E-state index contributed by atoms with van der Waals surface area (Å²) in [5, 5.41) is 11.6. The van der Waals surface area contributed by atoms with Crippen LogP contribution in [0.5, 0.6) is 0 Å². The predicted octanol–water partition coefficient (Wildman–Crippen LogP) is 2.90. The van der Waals surface area contributed by atoms with Gasteiger partial charge in [0.2, 0.25) is 0 Å². The molecule has 0 saturated carbocycles. The van der Waals surface area contributed by atoms with Crippen molar-refractivity contribution in [3.63, 3.8) is 0 Å². The summed E-state index contributed by atoms with van der Waals surface area (Å²) in [7, 11) is 0. The Balaban J connectivity index is 2.19. The van der Waals surface area contributed by atoms with Gasteiger partial charge in [-0.1, -0.05) is 35.6 Å². The highest BCUT2D eigenvalue weighted by molar-refractivity contribution is 6.05. The summed E-state index contributed by atoms with van der Waals surface area (Å²) in [6.45, 7) is 3.74. The number of benzene rings is 2. The lowest BCUT2D eigenvalue weighted by Crippen LogP contribution is -2.13. The van der Waals surface area contributed by atoms with Gasteiger partial charge < -0.3 is 10.4 Å². The molecule has 0 bridgehead atoms. The molecule has 0 unspecified atom stereocenters. The summed E-state index contributed by atoms with van der Waals surface area (Å²) in [5.74, 6) is 5.26. The highest BCUT2D eigenvalue weighted by Crippen LogP contribution is 2.15. The van der Waals surface area contributed by atoms with Crippen molar-refractivity contribution in [3.05, 3.63) is 64.7 Å². The second kappa shape index (κ2) is 6.74. The maximum absolute atomic E-state index is 12.3. The van der Waals surface area contributed by atoms with Gasteiger partial charge in [0.15, 0.2) is 0 Å². The summed E-state index contributed by atoms with van der Waals surface area (Å²) in [4.78, 5) is 12.3. The van der Waals surface area contributed by atoms with Gasteiger partial charge in [0.05, 0.1) is 0 Å². The topological polar surface area (TPSA) is 49.3 Å². The first-order chi connectivity index (χ1) is 10.1. The summed E-state index contributed by atoms with van der Waals surface area (Å²) >= 11 is 0. The first-order valence-electron chi connectivity index (χ1n) is 6.68. The van der Waals surface area contributed by atoms with Crippen LogP contribution < -0.4 is 5.32 Å². The normalized spacial score (nSPS) is 9.67. The van der Waals surface area contributed by atoms with Crippen LogP contribution in [0.2, 0.25) is 0 Å². The fourth-order valence-corrected chi connectivity index (χ4v) is 2.08. The quantitative estimate of drug-likeness (QED) is 0.830. The number of carbonyl (C=O) groups excluding carboxylic acids is 1. The molecule has 2 N–H and O–H groups in total. The van der Waals surface area contributed by atoms with Crippen molar-refractivity contribution in [1.29, 1.82) is 0 Å². The first kappa shape index (κ1) is 14.8. The number of nitrogens with one attached hydrogen (secondary N) is 1. The van der Waals surface area contributed by atoms with Crippen LogP contribution in [-0.4, -0.2) is 17.6 Å². The Morgan fingerprint density at radius 3 is 2.71 bits per heavy atom. The largest absolute Gasteiger partial charge is 0.384 e. The molecule has 0 aromatic heterocycles. The van der Waals surface area contributed by atoms with Crippen molar-refractivity contribution in [2.45, 2.75) is 13.8 Å². The minimum absolute atomic E-state index is 0.139. The van der Waals surface area contributed by atoms with Gasteiger partial charge in [-0.2, -0.15) is 0 Å². The highest BCUT2D eigenvalue weighted by atomic mass is 16.2. The monoisotopic (exact) mass is 279 g/mol. The fraction of sp³-hybridized carbons (Fsp3) is 0.167. The molecule has 0 fully saturated rings. The molecule has 0 spiro atoms. The molecule has 0 atom stereocenters. The Kier molecular flexibility index (Phi) is 4.76. The third kappa shape index (κ3) is 3.95. The number of aryl methyl sites for hydroxylation is 2. The van der Waals surface area contributed by atoms with E-state index in [2.05, 4.69) is 17.2 Å². The van der Waals surface area contributed by atoms with Crippen molar-refractivity contribution < 1.29 is 9.90 Å². The van der Waals surface area contributed by atoms with E-state index in [1.807, 2.05) is 50.2 Å². The zero-order valence-corrected chi connectivity index (χ0v) is 12.1. The second-order valence-electron chi connectivity index (χ2n) is 4.81. The Hall–Kier alpha value is -2.57. The van der Waals surface area contributed by atoms with Crippen molar-refractivity contribution in [2.24, 2.45) is 0 Å². The predicted molar refractivity (Wildman–Crippen MR) is 84.3 cm³/mol. The van der Waals surface area contributed by atoms with E-state index < -0.39 is 0 Å². The van der Waals surface area contributed by atoms with E-state index in [0.717, 1.165) is 16.7 Å². The summed E-state index contributed by atoms with van der Waals surface area (Å²) < 4.78 is 0. The molecule has 3 nitrogen and oxygen atoms in total. The van der Waals surface area contributed by atoms with Gasteiger partial charge in [-0.25, -0.2) is 0 Å². The first-order valence-corrected chi connectivity index (χ1v) is 6.68. The molecule has 2 aromatic carbocycles. The SMILES string of the molecule is Cc1ccc(C(=O)Nc2cccc(C#CCO)c2)c(C)c1. The summed E-state index contributed by atoms with van der Waals surface area (Å²) in [5.41, 5.74) is 4.17.